The van der Waals surface area contributed by atoms with Gasteiger partial charge < -0.3 is 10.3 Å². The maximum Gasteiger partial charge on any atom is 0.263 e. The van der Waals surface area contributed by atoms with E-state index in [2.05, 4.69) is 25.3 Å². The summed E-state index contributed by atoms with van der Waals surface area (Å²) in [6.07, 6.45) is 1.55. The highest BCUT2D eigenvalue weighted by atomic mass is 35.5. The van der Waals surface area contributed by atoms with Crippen LogP contribution in [0.2, 0.25) is 5.28 Å². The molecule has 7 nitrogen and oxygen atoms in total. The molecular weight excluding hydrogens is 412 g/mol. The average Bonchev–Trinajstić information content (AvgIpc) is 3.22. The maximum absolute atomic E-state index is 13.6. The number of imidazole rings is 1. The van der Waals surface area contributed by atoms with E-state index in [9.17, 15) is 4.79 Å². The number of hydrogen-bond donors (Lipinski definition) is 2. The molecule has 2 aromatic carbocycles. The molecule has 0 bridgehead atoms. The highest BCUT2D eigenvalue weighted by Gasteiger charge is 2.19. The van der Waals surface area contributed by atoms with Gasteiger partial charge in [-0.1, -0.05) is 36.4 Å². The quantitative estimate of drug-likeness (QED) is 0.400. The zero-order valence-electron chi connectivity index (χ0n) is 16.9. The van der Waals surface area contributed by atoms with Gasteiger partial charge in [-0.25, -0.2) is 4.98 Å². The molecule has 0 amide bonds. The third-order valence-corrected chi connectivity index (χ3v) is 5.52. The van der Waals surface area contributed by atoms with Crippen molar-refractivity contribution in [3.05, 3.63) is 87.8 Å². The lowest BCUT2D eigenvalue weighted by atomic mass is 10.0. The largest absolute Gasteiger partial charge is 0.360 e. The predicted octanol–water partition coefficient (Wildman–Crippen LogP) is 4.79. The average molecular weight is 431 g/mol. The minimum absolute atomic E-state index is 0.0592. The number of benzene rings is 2. The second-order valence-corrected chi connectivity index (χ2v) is 7.73. The number of aromatic amines is 1. The monoisotopic (exact) mass is 430 g/mol. The normalized spacial score (nSPS) is 12.4. The number of para-hydroxylation sites is 1. The first-order chi connectivity index (χ1) is 15.0. The molecule has 0 aliphatic rings. The summed E-state index contributed by atoms with van der Waals surface area (Å²) < 4.78 is 1.75. The van der Waals surface area contributed by atoms with Crippen LogP contribution in [-0.2, 0) is 0 Å². The molecule has 31 heavy (non-hydrogen) atoms. The van der Waals surface area contributed by atoms with Crippen molar-refractivity contribution in [1.82, 2.24) is 24.5 Å². The van der Waals surface area contributed by atoms with Crippen LogP contribution in [0.25, 0.3) is 27.6 Å². The molecule has 0 fully saturated rings. The number of fused-ring (bicyclic) bond motifs is 2. The number of aromatic nitrogens is 5. The first kappa shape index (κ1) is 19.3. The zero-order chi connectivity index (χ0) is 21.5. The van der Waals surface area contributed by atoms with Crippen LogP contribution in [0.3, 0.4) is 0 Å². The smallest absolute Gasteiger partial charge is 0.263 e. The molecule has 154 valence electrons. The molecule has 3 heterocycles. The lowest BCUT2D eigenvalue weighted by Gasteiger charge is -2.22. The molecule has 1 atom stereocenters. The highest BCUT2D eigenvalue weighted by molar-refractivity contribution is 6.28. The zero-order valence-corrected chi connectivity index (χ0v) is 17.7. The van der Waals surface area contributed by atoms with E-state index < -0.39 is 0 Å². The van der Waals surface area contributed by atoms with E-state index in [1.54, 1.807) is 10.9 Å². The molecule has 8 heteroatoms. The van der Waals surface area contributed by atoms with Crippen LogP contribution < -0.4 is 10.9 Å². The number of halogens is 1. The Labute approximate surface area is 182 Å². The molecule has 0 radical (unpaired) electrons. The van der Waals surface area contributed by atoms with E-state index >= 15 is 0 Å². The van der Waals surface area contributed by atoms with E-state index in [0.717, 1.165) is 22.3 Å². The molecule has 0 aliphatic carbocycles. The minimum Gasteiger partial charge on any atom is -0.360 e. The van der Waals surface area contributed by atoms with Crippen molar-refractivity contribution < 1.29 is 0 Å². The Hall–Kier alpha value is -3.71. The fourth-order valence-electron chi connectivity index (χ4n) is 3.91. The summed E-state index contributed by atoms with van der Waals surface area (Å²) in [5, 5.41) is 5.08. The molecule has 0 spiro atoms. The number of H-pyrrole nitrogens is 1. The Morgan fingerprint density at radius 2 is 1.90 bits per heavy atom. The van der Waals surface area contributed by atoms with Crippen molar-refractivity contribution in [2.24, 2.45) is 0 Å². The molecule has 2 N–H and O–H groups in total. The fraction of sp³-hybridized carbons (Fsp3) is 0.130. The molecule has 3 aromatic heterocycles. The number of nitrogens with zero attached hydrogens (tertiary/aromatic N) is 4. The van der Waals surface area contributed by atoms with Crippen molar-refractivity contribution in [2.45, 2.75) is 19.9 Å². The van der Waals surface area contributed by atoms with Gasteiger partial charge in [-0.3, -0.25) is 9.36 Å². The molecule has 0 aliphatic heterocycles. The first-order valence-electron chi connectivity index (χ1n) is 9.87. The van der Waals surface area contributed by atoms with Gasteiger partial charge in [0.2, 0.25) is 5.28 Å². The van der Waals surface area contributed by atoms with Crippen molar-refractivity contribution >= 4 is 39.4 Å². The Morgan fingerprint density at radius 3 is 2.71 bits per heavy atom. The lowest BCUT2D eigenvalue weighted by molar-refractivity contribution is 0.774. The van der Waals surface area contributed by atoms with Gasteiger partial charge in [0.15, 0.2) is 11.5 Å². The Bertz CT molecular complexity index is 1470. The lowest BCUT2D eigenvalue weighted by Crippen LogP contribution is -2.26. The summed E-state index contributed by atoms with van der Waals surface area (Å²) in [5.74, 6) is 0.500. The van der Waals surface area contributed by atoms with Gasteiger partial charge in [-0.2, -0.15) is 9.97 Å². The van der Waals surface area contributed by atoms with Crippen molar-refractivity contribution in [3.8, 4) is 5.69 Å². The molecule has 0 saturated carbocycles. The van der Waals surface area contributed by atoms with Gasteiger partial charge in [0.05, 0.1) is 17.8 Å². The number of rotatable bonds is 4. The van der Waals surface area contributed by atoms with Crippen LogP contribution >= 0.6 is 11.6 Å². The Balaban J connectivity index is 1.71. The summed E-state index contributed by atoms with van der Waals surface area (Å²) in [7, 11) is 0. The van der Waals surface area contributed by atoms with Crippen LogP contribution in [-0.4, -0.2) is 24.5 Å². The number of aryl methyl sites for hydroxylation is 1. The third kappa shape index (κ3) is 3.33. The number of hydrogen-bond acceptors (Lipinski definition) is 5. The number of nitrogens with one attached hydrogen (secondary N) is 2. The molecule has 0 unspecified atom stereocenters. The van der Waals surface area contributed by atoms with Gasteiger partial charge in [0, 0.05) is 11.4 Å². The van der Waals surface area contributed by atoms with Gasteiger partial charge >= 0.3 is 0 Å². The first-order valence-corrected chi connectivity index (χ1v) is 10.2. The minimum atomic E-state index is -0.274. The summed E-state index contributed by atoms with van der Waals surface area (Å²) in [5.41, 5.74) is 3.61. The molecule has 5 aromatic rings. The summed E-state index contributed by atoms with van der Waals surface area (Å²) in [6.45, 7) is 3.93. The fourth-order valence-corrected chi connectivity index (χ4v) is 4.07. The summed E-state index contributed by atoms with van der Waals surface area (Å²) >= 11 is 6.09. The maximum atomic E-state index is 13.6. The van der Waals surface area contributed by atoms with Crippen molar-refractivity contribution in [2.75, 3.05) is 5.32 Å². The van der Waals surface area contributed by atoms with Crippen LogP contribution in [0.1, 0.15) is 24.2 Å². The Morgan fingerprint density at radius 1 is 1.10 bits per heavy atom. The summed E-state index contributed by atoms with van der Waals surface area (Å²) in [6, 6.07) is 17.3. The van der Waals surface area contributed by atoms with Gasteiger partial charge in [-0.15, -0.1) is 0 Å². The Kier molecular flexibility index (Phi) is 4.67. The van der Waals surface area contributed by atoms with E-state index in [4.69, 9.17) is 11.6 Å². The number of anilines is 1. The van der Waals surface area contributed by atoms with E-state index in [1.807, 2.05) is 68.4 Å². The standard InChI is InChI=1S/C23H19ClN6O/c1-13-7-6-8-15-11-17(30(22(31)18(13)15)16-9-4-3-5-10-16)14(2)27-21-19-20(26-12-25-19)28-23(24)29-21/h3-12,14H,1-2H3,(H2,25,26,27,28,29)/t14-/m0/s1. The van der Waals surface area contributed by atoms with Crippen LogP contribution in [0.5, 0.6) is 0 Å². The second-order valence-electron chi connectivity index (χ2n) is 7.39. The molecular formula is C23H19ClN6O. The van der Waals surface area contributed by atoms with E-state index in [0.29, 0.717) is 22.4 Å². The predicted molar refractivity (Wildman–Crippen MR) is 123 cm³/mol. The van der Waals surface area contributed by atoms with Crippen LogP contribution in [0.15, 0.2) is 65.7 Å². The number of pyridine rings is 1. The van der Waals surface area contributed by atoms with Gasteiger partial charge in [0.25, 0.3) is 5.56 Å². The summed E-state index contributed by atoms with van der Waals surface area (Å²) in [4.78, 5) is 29.3. The van der Waals surface area contributed by atoms with Crippen LogP contribution in [0, 0.1) is 6.92 Å². The SMILES string of the molecule is Cc1cccc2cc([C@H](C)Nc3nc(Cl)nc4[nH]cnc34)n(-c3ccccc3)c(=O)c12. The van der Waals surface area contributed by atoms with E-state index in [-0.39, 0.29) is 16.9 Å². The second kappa shape index (κ2) is 7.52. The van der Waals surface area contributed by atoms with Gasteiger partial charge in [-0.05, 0) is 54.6 Å². The van der Waals surface area contributed by atoms with E-state index in [1.165, 1.54) is 0 Å². The van der Waals surface area contributed by atoms with Crippen molar-refractivity contribution in [1.29, 1.82) is 0 Å². The van der Waals surface area contributed by atoms with Crippen LogP contribution in [0.4, 0.5) is 5.82 Å². The topological polar surface area (TPSA) is 88.5 Å². The van der Waals surface area contributed by atoms with Gasteiger partial charge in [0.1, 0.15) is 5.52 Å². The molecule has 0 saturated heterocycles. The highest BCUT2D eigenvalue weighted by Crippen LogP contribution is 2.27. The third-order valence-electron chi connectivity index (χ3n) is 5.35. The van der Waals surface area contributed by atoms with Crippen molar-refractivity contribution in [3.63, 3.8) is 0 Å². The molecule has 5 rings (SSSR count).